The van der Waals surface area contributed by atoms with Gasteiger partial charge in [-0.25, -0.2) is 4.98 Å². The number of benzene rings is 1. The summed E-state index contributed by atoms with van der Waals surface area (Å²) in [6, 6.07) is 10.7. The first-order chi connectivity index (χ1) is 13.0. The molecule has 0 spiro atoms. The van der Waals surface area contributed by atoms with Gasteiger partial charge >= 0.3 is 0 Å². The lowest BCUT2D eigenvalue weighted by molar-refractivity contribution is -0.132. The highest BCUT2D eigenvalue weighted by atomic mass is 16.5. The van der Waals surface area contributed by atoms with E-state index in [0.29, 0.717) is 30.4 Å². The van der Waals surface area contributed by atoms with Gasteiger partial charge < -0.3 is 15.0 Å². The molecule has 1 atom stereocenters. The van der Waals surface area contributed by atoms with Gasteiger partial charge in [-0.15, -0.1) is 0 Å². The van der Waals surface area contributed by atoms with Crippen LogP contribution in [-0.4, -0.2) is 52.4 Å². The average molecular weight is 368 g/mol. The highest BCUT2D eigenvalue weighted by Crippen LogP contribution is 2.17. The van der Waals surface area contributed by atoms with Crippen molar-refractivity contribution in [1.29, 1.82) is 0 Å². The third-order valence-electron chi connectivity index (χ3n) is 4.40. The predicted octanol–water partition coefficient (Wildman–Crippen LogP) is 1.89. The van der Waals surface area contributed by atoms with E-state index in [-0.39, 0.29) is 24.5 Å². The number of ether oxygens (including phenoxy) is 1. The summed E-state index contributed by atoms with van der Waals surface area (Å²) in [4.78, 5) is 34.8. The molecule has 7 heteroatoms. The number of carbonyl (C=O) groups is 2. The van der Waals surface area contributed by atoms with E-state index in [1.54, 1.807) is 35.2 Å². The van der Waals surface area contributed by atoms with Crippen molar-refractivity contribution in [2.45, 2.75) is 32.8 Å². The van der Waals surface area contributed by atoms with Gasteiger partial charge in [0.2, 0.25) is 11.8 Å². The normalized spacial score (nSPS) is 16.7. The molecule has 7 nitrogen and oxygen atoms in total. The van der Waals surface area contributed by atoms with Crippen molar-refractivity contribution in [3.8, 4) is 5.88 Å². The maximum Gasteiger partial charge on any atom is 0.251 e. The number of nitrogens with zero attached hydrogens (tertiary/aromatic N) is 3. The average Bonchev–Trinajstić information content (AvgIpc) is 2.66. The Hall–Kier alpha value is -2.96. The van der Waals surface area contributed by atoms with Crippen LogP contribution in [0.25, 0.3) is 0 Å². The molecule has 0 bridgehead atoms. The van der Waals surface area contributed by atoms with E-state index in [2.05, 4.69) is 15.3 Å². The van der Waals surface area contributed by atoms with Gasteiger partial charge in [-0.1, -0.05) is 18.2 Å². The van der Waals surface area contributed by atoms with Crippen LogP contribution in [0.4, 0.5) is 0 Å². The van der Waals surface area contributed by atoms with E-state index < -0.39 is 0 Å². The molecule has 27 heavy (non-hydrogen) atoms. The van der Waals surface area contributed by atoms with E-state index in [4.69, 9.17) is 4.74 Å². The van der Waals surface area contributed by atoms with Crippen LogP contribution < -0.4 is 10.1 Å². The van der Waals surface area contributed by atoms with E-state index in [1.165, 1.54) is 0 Å². The number of hydrogen-bond donors (Lipinski definition) is 1. The summed E-state index contributed by atoms with van der Waals surface area (Å²) in [5.41, 5.74) is 1.39. The lowest BCUT2D eigenvalue weighted by atomic mass is 10.1. The lowest BCUT2D eigenvalue weighted by Gasteiger charge is -2.32. The number of hydrogen-bond acceptors (Lipinski definition) is 5. The number of aryl methyl sites for hydroxylation is 2. The monoisotopic (exact) mass is 368 g/mol. The summed E-state index contributed by atoms with van der Waals surface area (Å²) in [5.74, 6) is 0.845. The molecule has 1 fully saturated rings. The van der Waals surface area contributed by atoms with Gasteiger partial charge in [0.1, 0.15) is 11.9 Å². The van der Waals surface area contributed by atoms with Gasteiger partial charge in [0.25, 0.3) is 5.91 Å². The Morgan fingerprint density at radius 2 is 2.00 bits per heavy atom. The van der Waals surface area contributed by atoms with Crippen molar-refractivity contribution in [2.24, 2.45) is 0 Å². The van der Waals surface area contributed by atoms with Crippen LogP contribution in [0.5, 0.6) is 5.88 Å². The molecule has 1 aliphatic rings. The Balaban J connectivity index is 1.52. The number of amides is 2. The summed E-state index contributed by atoms with van der Waals surface area (Å²) in [6.07, 6.45) is 1.61. The minimum atomic E-state index is -0.249. The molecule has 142 valence electrons. The first kappa shape index (κ1) is 18.8. The second-order valence-corrected chi connectivity index (χ2v) is 6.67. The maximum atomic E-state index is 12.5. The maximum absolute atomic E-state index is 12.5. The number of aromatic nitrogens is 2. The molecule has 1 aromatic heterocycles. The molecule has 3 rings (SSSR count). The second kappa shape index (κ2) is 8.62. The van der Waals surface area contributed by atoms with Crippen LogP contribution in [0.3, 0.4) is 0 Å². The molecule has 1 N–H and O–H groups in total. The van der Waals surface area contributed by atoms with Gasteiger partial charge in [0.15, 0.2) is 0 Å². The molecule has 2 aromatic rings. The third kappa shape index (κ3) is 5.26. The summed E-state index contributed by atoms with van der Waals surface area (Å²) >= 11 is 0. The lowest BCUT2D eigenvalue weighted by Crippen LogP contribution is -2.48. The van der Waals surface area contributed by atoms with Gasteiger partial charge in [-0.2, -0.15) is 4.98 Å². The molecule has 1 unspecified atom stereocenters. The molecule has 2 amide bonds. The molecular formula is C20H24N4O3. The van der Waals surface area contributed by atoms with E-state index >= 15 is 0 Å². The van der Waals surface area contributed by atoms with Crippen LogP contribution in [0, 0.1) is 13.8 Å². The highest BCUT2D eigenvalue weighted by Gasteiger charge is 2.25. The number of likely N-dealkylation sites (tertiary alicyclic amines) is 1. The fourth-order valence-electron chi connectivity index (χ4n) is 3.13. The fraction of sp³-hybridized carbons (Fsp3) is 0.400. The summed E-state index contributed by atoms with van der Waals surface area (Å²) in [5, 5.41) is 2.68. The molecule has 1 aliphatic heterocycles. The molecule has 0 radical (unpaired) electrons. The molecule has 0 saturated carbocycles. The largest absolute Gasteiger partial charge is 0.472 e. The summed E-state index contributed by atoms with van der Waals surface area (Å²) in [7, 11) is 0. The Labute approximate surface area is 158 Å². The Kier molecular flexibility index (Phi) is 6.01. The predicted molar refractivity (Wildman–Crippen MR) is 101 cm³/mol. The van der Waals surface area contributed by atoms with Crippen LogP contribution in [0.1, 0.15) is 34.7 Å². The minimum absolute atomic E-state index is 0.0217. The van der Waals surface area contributed by atoms with Crippen LogP contribution >= 0.6 is 0 Å². The van der Waals surface area contributed by atoms with Gasteiger partial charge in [-0.3, -0.25) is 9.59 Å². The highest BCUT2D eigenvalue weighted by molar-refractivity contribution is 5.96. The second-order valence-electron chi connectivity index (χ2n) is 6.67. The number of nitrogens with one attached hydrogen (secondary N) is 1. The van der Waals surface area contributed by atoms with Crippen LogP contribution in [0.2, 0.25) is 0 Å². The first-order valence-corrected chi connectivity index (χ1v) is 9.11. The Morgan fingerprint density at radius 3 is 2.74 bits per heavy atom. The zero-order valence-electron chi connectivity index (χ0n) is 15.6. The molecule has 1 aromatic carbocycles. The standard InChI is InChI=1S/C20H24N4O3/c1-14-11-18(23-15(2)22-14)27-17-9-6-10-24(13-17)19(25)12-21-20(26)16-7-4-3-5-8-16/h3-5,7-8,11,17H,6,9-10,12-13H2,1-2H3,(H,21,26). The quantitative estimate of drug-likeness (QED) is 0.871. The number of piperidine rings is 1. The zero-order chi connectivity index (χ0) is 19.2. The Bertz CT molecular complexity index is 790. The van der Waals surface area contributed by atoms with Crippen molar-refractivity contribution in [2.75, 3.05) is 19.6 Å². The van der Waals surface area contributed by atoms with Crippen molar-refractivity contribution >= 4 is 11.8 Å². The minimum Gasteiger partial charge on any atom is -0.472 e. The molecule has 2 heterocycles. The first-order valence-electron chi connectivity index (χ1n) is 9.11. The van der Waals surface area contributed by atoms with Gasteiger partial charge in [0, 0.05) is 23.9 Å². The van der Waals surface area contributed by atoms with Crippen molar-refractivity contribution in [3.05, 3.63) is 53.5 Å². The SMILES string of the molecule is Cc1cc(OC2CCCN(C(=O)CNC(=O)c3ccccc3)C2)nc(C)n1. The number of rotatable bonds is 5. The number of carbonyl (C=O) groups excluding carboxylic acids is 2. The van der Waals surface area contributed by atoms with Gasteiger partial charge in [0.05, 0.1) is 13.1 Å². The van der Waals surface area contributed by atoms with E-state index in [9.17, 15) is 9.59 Å². The molecular weight excluding hydrogens is 344 g/mol. The van der Waals surface area contributed by atoms with Gasteiger partial charge in [-0.05, 0) is 38.8 Å². The summed E-state index contributed by atoms with van der Waals surface area (Å²) in [6.45, 7) is 4.86. The topological polar surface area (TPSA) is 84.4 Å². The molecule has 1 saturated heterocycles. The van der Waals surface area contributed by atoms with Crippen molar-refractivity contribution < 1.29 is 14.3 Å². The smallest absolute Gasteiger partial charge is 0.251 e. The van der Waals surface area contributed by atoms with Crippen molar-refractivity contribution in [3.63, 3.8) is 0 Å². The third-order valence-corrected chi connectivity index (χ3v) is 4.40. The Morgan fingerprint density at radius 1 is 1.22 bits per heavy atom. The van der Waals surface area contributed by atoms with E-state index in [0.717, 1.165) is 18.5 Å². The molecule has 0 aliphatic carbocycles. The van der Waals surface area contributed by atoms with E-state index in [1.807, 2.05) is 19.9 Å². The summed E-state index contributed by atoms with van der Waals surface area (Å²) < 4.78 is 5.96. The fourth-order valence-corrected chi connectivity index (χ4v) is 3.13. The van der Waals surface area contributed by atoms with Crippen molar-refractivity contribution in [1.82, 2.24) is 20.2 Å². The zero-order valence-corrected chi connectivity index (χ0v) is 15.6. The van der Waals surface area contributed by atoms with Crippen LogP contribution in [0.15, 0.2) is 36.4 Å². The van der Waals surface area contributed by atoms with Crippen LogP contribution in [-0.2, 0) is 4.79 Å².